The van der Waals surface area contributed by atoms with Gasteiger partial charge in [0.2, 0.25) is 0 Å². The van der Waals surface area contributed by atoms with Gasteiger partial charge in [-0.2, -0.15) is 0 Å². The van der Waals surface area contributed by atoms with E-state index in [-0.39, 0.29) is 0 Å². The average Bonchev–Trinajstić information content (AvgIpc) is 2.28. The number of rotatable bonds is 5. The summed E-state index contributed by atoms with van der Waals surface area (Å²) in [5.74, 6) is 2.14. The summed E-state index contributed by atoms with van der Waals surface area (Å²) < 4.78 is 5.49. The number of hydrogen-bond donors (Lipinski definition) is 0. The Bertz CT molecular complexity index is 328. The molecule has 0 amide bonds. The Labute approximate surface area is 92.8 Å². The molecule has 0 aromatic heterocycles. The number of benzene rings is 1. The molecule has 0 saturated heterocycles. The monoisotopic (exact) mass is 203 g/mol. The van der Waals surface area contributed by atoms with Crippen LogP contribution in [-0.2, 0) is 6.42 Å². The molecule has 1 radical (unpaired) electrons. The Morgan fingerprint density at radius 3 is 2.67 bits per heavy atom. The Hall–Kier alpha value is -1.24. The molecule has 1 nitrogen and oxygen atoms in total. The van der Waals surface area contributed by atoms with Crippen molar-refractivity contribution in [2.75, 3.05) is 6.61 Å². The van der Waals surface area contributed by atoms with Gasteiger partial charge in [0.15, 0.2) is 0 Å². The van der Waals surface area contributed by atoms with E-state index in [4.69, 9.17) is 4.74 Å². The van der Waals surface area contributed by atoms with E-state index in [1.165, 1.54) is 17.0 Å². The first kappa shape index (κ1) is 11.8. The van der Waals surface area contributed by atoms with Crippen molar-refractivity contribution in [3.8, 4) is 5.75 Å². The SMILES string of the molecule is C=C[C](C)c1cc(OCC)ccc1CC. The molecule has 0 bridgehead atoms. The van der Waals surface area contributed by atoms with Crippen LogP contribution in [-0.4, -0.2) is 6.61 Å². The van der Waals surface area contributed by atoms with Crippen LogP contribution in [0.25, 0.3) is 0 Å². The average molecular weight is 203 g/mol. The van der Waals surface area contributed by atoms with Crippen molar-refractivity contribution in [3.63, 3.8) is 0 Å². The van der Waals surface area contributed by atoms with Gasteiger partial charge in [0.1, 0.15) is 5.75 Å². The second-order valence-corrected chi connectivity index (χ2v) is 3.49. The zero-order valence-electron chi connectivity index (χ0n) is 9.84. The highest BCUT2D eigenvalue weighted by Gasteiger charge is 2.08. The fourth-order valence-electron chi connectivity index (χ4n) is 1.60. The maximum absolute atomic E-state index is 5.49. The first-order chi connectivity index (χ1) is 7.22. The molecule has 1 rings (SSSR count). The summed E-state index contributed by atoms with van der Waals surface area (Å²) in [6.45, 7) is 10.8. The van der Waals surface area contributed by atoms with Crippen LogP contribution >= 0.6 is 0 Å². The van der Waals surface area contributed by atoms with Gasteiger partial charge in [-0.05, 0) is 36.6 Å². The summed E-state index contributed by atoms with van der Waals surface area (Å²) in [6.07, 6.45) is 2.93. The molecule has 81 valence electrons. The Balaban J connectivity index is 3.06. The largest absolute Gasteiger partial charge is 0.494 e. The minimum absolute atomic E-state index is 0.706. The third-order valence-electron chi connectivity index (χ3n) is 2.50. The van der Waals surface area contributed by atoms with E-state index in [1.807, 2.05) is 19.1 Å². The fraction of sp³-hybridized carbons (Fsp3) is 0.357. The van der Waals surface area contributed by atoms with Gasteiger partial charge in [0.25, 0.3) is 0 Å². The molecule has 1 aromatic rings. The molecular weight excluding hydrogens is 184 g/mol. The fourth-order valence-corrected chi connectivity index (χ4v) is 1.60. The zero-order valence-corrected chi connectivity index (χ0v) is 9.84. The van der Waals surface area contributed by atoms with Crippen molar-refractivity contribution in [2.24, 2.45) is 0 Å². The molecule has 0 saturated carbocycles. The van der Waals surface area contributed by atoms with Crippen molar-refractivity contribution in [3.05, 3.63) is 47.9 Å². The van der Waals surface area contributed by atoms with E-state index in [1.54, 1.807) is 0 Å². The molecule has 0 aliphatic carbocycles. The first-order valence-corrected chi connectivity index (χ1v) is 5.45. The maximum atomic E-state index is 5.49. The lowest BCUT2D eigenvalue weighted by Gasteiger charge is -2.13. The summed E-state index contributed by atoms with van der Waals surface area (Å²) >= 11 is 0. The zero-order chi connectivity index (χ0) is 11.3. The smallest absolute Gasteiger partial charge is 0.119 e. The van der Waals surface area contributed by atoms with E-state index >= 15 is 0 Å². The van der Waals surface area contributed by atoms with E-state index in [0.717, 1.165) is 12.2 Å². The van der Waals surface area contributed by atoms with Crippen LogP contribution in [0.3, 0.4) is 0 Å². The van der Waals surface area contributed by atoms with Gasteiger partial charge in [-0.1, -0.05) is 26.0 Å². The number of hydrogen-bond acceptors (Lipinski definition) is 1. The maximum Gasteiger partial charge on any atom is 0.119 e. The van der Waals surface area contributed by atoms with Gasteiger partial charge >= 0.3 is 0 Å². The molecular formula is C14H19O. The predicted octanol–water partition coefficient (Wildman–Crippen LogP) is 3.78. The molecule has 0 aliphatic rings. The lowest BCUT2D eigenvalue weighted by Crippen LogP contribution is -1.99. The van der Waals surface area contributed by atoms with Gasteiger partial charge in [-0.25, -0.2) is 0 Å². The summed E-state index contributed by atoms with van der Waals surface area (Å²) in [6, 6.07) is 6.26. The molecule has 1 heteroatoms. The third kappa shape index (κ3) is 2.85. The van der Waals surface area contributed by atoms with Gasteiger partial charge in [-0.3, -0.25) is 0 Å². The molecule has 0 fully saturated rings. The van der Waals surface area contributed by atoms with E-state index in [2.05, 4.69) is 32.6 Å². The van der Waals surface area contributed by atoms with E-state index < -0.39 is 0 Å². The van der Waals surface area contributed by atoms with Crippen LogP contribution < -0.4 is 4.74 Å². The number of ether oxygens (including phenoxy) is 1. The highest BCUT2D eigenvalue weighted by Crippen LogP contribution is 2.25. The van der Waals surface area contributed by atoms with Crippen LogP contribution in [0.4, 0.5) is 0 Å². The minimum atomic E-state index is 0.706. The lowest BCUT2D eigenvalue weighted by molar-refractivity contribution is 0.340. The number of allylic oxidation sites excluding steroid dienone is 1. The summed E-state index contributed by atoms with van der Waals surface area (Å²) in [4.78, 5) is 0. The van der Waals surface area contributed by atoms with Crippen LogP contribution in [0, 0.1) is 5.92 Å². The van der Waals surface area contributed by atoms with Crippen molar-refractivity contribution in [1.82, 2.24) is 0 Å². The highest BCUT2D eigenvalue weighted by molar-refractivity contribution is 5.46. The van der Waals surface area contributed by atoms with Crippen LogP contribution in [0.15, 0.2) is 30.9 Å². The molecule has 0 aliphatic heterocycles. The molecule has 0 atom stereocenters. The predicted molar refractivity (Wildman–Crippen MR) is 65.2 cm³/mol. The van der Waals surface area contributed by atoms with Crippen LogP contribution in [0.1, 0.15) is 31.9 Å². The topological polar surface area (TPSA) is 9.23 Å². The van der Waals surface area contributed by atoms with Crippen molar-refractivity contribution in [1.29, 1.82) is 0 Å². The quantitative estimate of drug-likeness (QED) is 0.707. The second-order valence-electron chi connectivity index (χ2n) is 3.49. The van der Waals surface area contributed by atoms with E-state index in [0.29, 0.717) is 6.61 Å². The highest BCUT2D eigenvalue weighted by atomic mass is 16.5. The van der Waals surface area contributed by atoms with E-state index in [9.17, 15) is 0 Å². The molecule has 0 heterocycles. The van der Waals surface area contributed by atoms with Gasteiger partial charge < -0.3 is 4.74 Å². The summed E-state index contributed by atoms with van der Waals surface area (Å²) in [5.41, 5.74) is 2.59. The summed E-state index contributed by atoms with van der Waals surface area (Å²) in [7, 11) is 0. The Morgan fingerprint density at radius 2 is 2.13 bits per heavy atom. The van der Waals surface area contributed by atoms with Crippen molar-refractivity contribution >= 4 is 0 Å². The summed E-state index contributed by atoms with van der Waals surface area (Å²) in [5, 5.41) is 0. The number of aryl methyl sites for hydroxylation is 1. The first-order valence-electron chi connectivity index (χ1n) is 5.45. The lowest BCUT2D eigenvalue weighted by atomic mass is 9.94. The third-order valence-corrected chi connectivity index (χ3v) is 2.50. The molecule has 1 aromatic carbocycles. The van der Waals surface area contributed by atoms with Crippen molar-refractivity contribution in [2.45, 2.75) is 27.2 Å². The second kappa shape index (κ2) is 5.59. The van der Waals surface area contributed by atoms with Gasteiger partial charge in [-0.15, -0.1) is 6.58 Å². The van der Waals surface area contributed by atoms with Gasteiger partial charge in [0, 0.05) is 5.92 Å². The molecule has 15 heavy (non-hydrogen) atoms. The van der Waals surface area contributed by atoms with Crippen LogP contribution in [0.5, 0.6) is 5.75 Å². The normalized spacial score (nSPS) is 10.4. The Kier molecular flexibility index (Phi) is 4.41. The standard InChI is InChI=1S/C14H19O/c1-5-11(4)14-10-13(15-7-3)9-8-12(14)6-2/h5,8-10H,1,6-7H2,2-4H3. The Morgan fingerprint density at radius 1 is 1.40 bits per heavy atom. The molecule has 0 N–H and O–H groups in total. The molecule has 0 spiro atoms. The van der Waals surface area contributed by atoms with Gasteiger partial charge in [0.05, 0.1) is 6.61 Å². The van der Waals surface area contributed by atoms with Crippen LogP contribution in [0.2, 0.25) is 0 Å². The van der Waals surface area contributed by atoms with Crippen molar-refractivity contribution < 1.29 is 4.74 Å². The minimum Gasteiger partial charge on any atom is -0.494 e. The molecule has 0 unspecified atom stereocenters.